The summed E-state index contributed by atoms with van der Waals surface area (Å²) in [4.78, 5) is 0. The van der Waals surface area contributed by atoms with Crippen molar-refractivity contribution in [1.29, 1.82) is 0 Å². The van der Waals surface area contributed by atoms with Crippen molar-refractivity contribution in [2.45, 2.75) is 33.1 Å². The van der Waals surface area contributed by atoms with Crippen LogP contribution < -0.4 is 0 Å². The maximum Gasteiger partial charge on any atom is 0 e. The van der Waals surface area contributed by atoms with E-state index in [1.807, 2.05) is 0 Å². The largest absolute Gasteiger partial charge is 0.0654 e. The zero-order chi connectivity index (χ0) is 4.12. The van der Waals surface area contributed by atoms with E-state index in [1.54, 1.807) is 0 Å². The molecular weight excluding hydrogens is 175 g/mol. The Morgan fingerprint density at radius 3 is 0.800 bits per heavy atom. The summed E-state index contributed by atoms with van der Waals surface area (Å²) in [6.07, 6.45) is 4.08. The molecule has 5 heteroatoms. The fourth-order valence-corrected chi connectivity index (χ4v) is 0.354. The van der Waals surface area contributed by atoms with Gasteiger partial charge in [0.1, 0.15) is 0 Å². The molecule has 0 aliphatic carbocycles. The zero-order valence-electron chi connectivity index (χ0n) is 9.12. The van der Waals surface area contributed by atoms with Crippen molar-refractivity contribution in [3.8, 4) is 0 Å². The van der Waals surface area contributed by atoms with Crippen LogP contribution in [-0.2, 0) is 0 Å². The van der Waals surface area contributed by atoms with Crippen LogP contribution in [0.1, 0.15) is 33.1 Å². The molecule has 0 rings (SSSR count). The maximum absolute atomic E-state index is 2.21. The number of rotatable bonds is 2. The molecule has 0 spiro atoms. The van der Waals surface area contributed by atoms with Gasteiger partial charge < -0.3 is 0 Å². The summed E-state index contributed by atoms with van der Waals surface area (Å²) in [5, 5.41) is 0. The summed E-state index contributed by atoms with van der Waals surface area (Å²) in [5.41, 5.74) is 0. The predicted octanol–water partition coefficient (Wildman–Crippen LogP) is 0.292. The molecular formula is C5H12Na5. The van der Waals surface area contributed by atoms with Crippen LogP contribution in [0.4, 0.5) is 0 Å². The second-order valence-electron chi connectivity index (χ2n) is 1.35. The molecule has 37 valence electrons. The van der Waals surface area contributed by atoms with Gasteiger partial charge in [-0.15, -0.1) is 0 Å². The van der Waals surface area contributed by atoms with Crippen molar-refractivity contribution in [2.75, 3.05) is 0 Å². The Kier molecular flexibility index (Phi) is 134. The third kappa shape index (κ3) is 38.2. The van der Waals surface area contributed by atoms with Gasteiger partial charge in [0.15, 0.2) is 0 Å². The summed E-state index contributed by atoms with van der Waals surface area (Å²) in [6, 6.07) is 0. The zero-order valence-corrected chi connectivity index (χ0v) is 19.1. The third-order valence-electron chi connectivity index (χ3n) is 0.707. The summed E-state index contributed by atoms with van der Waals surface area (Å²) < 4.78 is 0. The molecule has 0 aromatic rings. The number of unbranched alkanes of at least 4 members (excludes halogenated alkanes) is 2. The van der Waals surface area contributed by atoms with Crippen LogP contribution in [0.25, 0.3) is 0 Å². The summed E-state index contributed by atoms with van der Waals surface area (Å²) >= 11 is 0. The molecule has 0 aliphatic rings. The van der Waals surface area contributed by atoms with Gasteiger partial charge >= 0.3 is 0 Å². The van der Waals surface area contributed by atoms with Crippen LogP contribution in [0.5, 0.6) is 0 Å². The normalized spacial score (nSPS) is 4.20. The molecule has 5 radical (unpaired) electrons. The molecule has 0 saturated heterocycles. The first-order chi connectivity index (χ1) is 2.41. The van der Waals surface area contributed by atoms with Crippen molar-refractivity contribution in [3.63, 3.8) is 0 Å². The Bertz CT molecular complexity index is 17.5. The molecule has 0 amide bonds. The molecule has 10 heavy (non-hydrogen) atoms. The van der Waals surface area contributed by atoms with Gasteiger partial charge in [0.25, 0.3) is 0 Å². The predicted molar refractivity (Wildman–Crippen MR) is 54.0 cm³/mol. The molecule has 0 N–H and O–H groups in total. The molecule has 0 aromatic heterocycles. The molecule has 0 fully saturated rings. The van der Waals surface area contributed by atoms with Gasteiger partial charge in [0.05, 0.1) is 0 Å². The molecule has 0 heterocycles. The van der Waals surface area contributed by atoms with Crippen molar-refractivity contribution in [1.82, 2.24) is 0 Å². The van der Waals surface area contributed by atoms with Gasteiger partial charge in [-0.25, -0.2) is 0 Å². The van der Waals surface area contributed by atoms with E-state index in [-0.39, 0.29) is 148 Å². The molecule has 0 bridgehead atoms. The topological polar surface area (TPSA) is 0 Å². The van der Waals surface area contributed by atoms with Crippen molar-refractivity contribution < 1.29 is 0 Å². The first-order valence-corrected chi connectivity index (χ1v) is 2.41. The van der Waals surface area contributed by atoms with Gasteiger partial charge in [-0.05, 0) is 0 Å². The number of hydrogen-bond acceptors (Lipinski definition) is 0. The van der Waals surface area contributed by atoms with Crippen LogP contribution in [-0.4, -0.2) is 148 Å². The summed E-state index contributed by atoms with van der Waals surface area (Å²) in [5.74, 6) is 0. The molecule has 0 unspecified atom stereocenters. The van der Waals surface area contributed by atoms with Crippen molar-refractivity contribution >= 4 is 148 Å². The Balaban J connectivity index is -0.00000000800. The Hall–Kier alpha value is 5.00. The van der Waals surface area contributed by atoms with E-state index in [2.05, 4.69) is 13.8 Å². The van der Waals surface area contributed by atoms with Gasteiger partial charge in [-0.3, -0.25) is 0 Å². The Morgan fingerprint density at radius 1 is 0.600 bits per heavy atom. The van der Waals surface area contributed by atoms with Crippen LogP contribution in [0.3, 0.4) is 0 Å². The minimum absolute atomic E-state index is 0. The average Bonchev–Trinajstić information content (AvgIpc) is 1.41. The van der Waals surface area contributed by atoms with Crippen molar-refractivity contribution in [3.05, 3.63) is 0 Å². The molecule has 0 nitrogen and oxygen atoms in total. The molecule has 0 saturated carbocycles. The van der Waals surface area contributed by atoms with Crippen LogP contribution in [0.2, 0.25) is 0 Å². The van der Waals surface area contributed by atoms with E-state index in [0.717, 1.165) is 0 Å². The fourth-order valence-electron chi connectivity index (χ4n) is 0.354. The minimum atomic E-state index is 0. The number of hydrogen-bond donors (Lipinski definition) is 0. The second kappa shape index (κ2) is 37.0. The molecule has 0 aromatic carbocycles. The smallest absolute Gasteiger partial charge is 0 e. The average molecular weight is 187 g/mol. The van der Waals surface area contributed by atoms with E-state index in [9.17, 15) is 0 Å². The second-order valence-corrected chi connectivity index (χ2v) is 1.35. The molecule has 0 atom stereocenters. The monoisotopic (exact) mass is 187 g/mol. The van der Waals surface area contributed by atoms with E-state index < -0.39 is 0 Å². The minimum Gasteiger partial charge on any atom is -0.0654 e. The van der Waals surface area contributed by atoms with E-state index in [1.165, 1.54) is 19.3 Å². The van der Waals surface area contributed by atoms with Gasteiger partial charge in [-0.2, -0.15) is 0 Å². The fraction of sp³-hybridized carbons (Fsp3) is 1.00. The van der Waals surface area contributed by atoms with Crippen molar-refractivity contribution in [2.24, 2.45) is 0 Å². The van der Waals surface area contributed by atoms with Crippen LogP contribution in [0.15, 0.2) is 0 Å². The summed E-state index contributed by atoms with van der Waals surface area (Å²) in [7, 11) is 0. The van der Waals surface area contributed by atoms with E-state index >= 15 is 0 Å². The quantitative estimate of drug-likeness (QED) is 0.545. The third-order valence-corrected chi connectivity index (χ3v) is 0.707. The summed E-state index contributed by atoms with van der Waals surface area (Å²) in [6.45, 7) is 4.42. The van der Waals surface area contributed by atoms with Crippen LogP contribution >= 0.6 is 0 Å². The maximum atomic E-state index is 2.21. The first-order valence-electron chi connectivity index (χ1n) is 2.41. The van der Waals surface area contributed by atoms with Crippen LogP contribution in [0, 0.1) is 0 Å². The first kappa shape index (κ1) is 36.3. The van der Waals surface area contributed by atoms with Gasteiger partial charge in [0.2, 0.25) is 0 Å². The van der Waals surface area contributed by atoms with Gasteiger partial charge in [0, 0.05) is 148 Å². The van der Waals surface area contributed by atoms with E-state index in [0.29, 0.717) is 0 Å². The standard InChI is InChI=1S/C5H12.5Na/c1-3-5-4-2;;;;;/h3-5H2,1-2H3;;;;;. The van der Waals surface area contributed by atoms with E-state index in [4.69, 9.17) is 0 Å². The SMILES string of the molecule is CCCCC.[Na].[Na].[Na].[Na].[Na]. The Morgan fingerprint density at radius 2 is 0.800 bits per heavy atom. The molecule has 0 aliphatic heterocycles. The Labute approximate surface area is 176 Å². The van der Waals surface area contributed by atoms with Gasteiger partial charge in [-0.1, -0.05) is 33.1 Å².